The third-order valence-electron chi connectivity index (χ3n) is 7.70. The Balaban J connectivity index is 1.04. The zero-order chi connectivity index (χ0) is 26.8. The van der Waals surface area contributed by atoms with Crippen LogP contribution in [0.5, 0.6) is 11.5 Å². The number of carbonyl (C=O) groups excluding carboxylic acids is 1. The van der Waals surface area contributed by atoms with Gasteiger partial charge in [0, 0.05) is 55.5 Å². The van der Waals surface area contributed by atoms with Crippen LogP contribution in [0.1, 0.15) is 36.0 Å². The molecule has 3 heterocycles. The predicted molar refractivity (Wildman–Crippen MR) is 150 cm³/mol. The van der Waals surface area contributed by atoms with Gasteiger partial charge in [-0.3, -0.25) is 9.48 Å². The van der Waals surface area contributed by atoms with Crippen molar-refractivity contribution in [2.24, 2.45) is 18.9 Å². The smallest absolute Gasteiger partial charge is 0.251 e. The minimum Gasteiger partial charge on any atom is -0.497 e. The van der Waals surface area contributed by atoms with E-state index in [0.29, 0.717) is 47.9 Å². The second-order valence-corrected chi connectivity index (χ2v) is 10.6. The minimum absolute atomic E-state index is 0.0987. The van der Waals surface area contributed by atoms with Crippen LogP contribution in [-0.2, 0) is 7.05 Å². The van der Waals surface area contributed by atoms with Gasteiger partial charge >= 0.3 is 0 Å². The molecule has 0 bridgehead atoms. The summed E-state index contributed by atoms with van der Waals surface area (Å²) < 4.78 is 13.1. The molecule has 0 spiro atoms. The number of carbonyl (C=O) groups is 1. The Morgan fingerprint density at radius 2 is 1.85 bits per heavy atom. The zero-order valence-corrected chi connectivity index (χ0v) is 22.5. The molecule has 2 fully saturated rings. The van der Waals surface area contributed by atoms with E-state index in [1.54, 1.807) is 13.2 Å². The number of ether oxygens (including phenoxy) is 2. The summed E-state index contributed by atoms with van der Waals surface area (Å²) in [7, 11) is 3.55. The van der Waals surface area contributed by atoms with Crippen molar-refractivity contribution in [1.29, 1.82) is 0 Å². The van der Waals surface area contributed by atoms with Crippen molar-refractivity contribution < 1.29 is 14.3 Å². The number of piperidine rings is 1. The Bertz CT molecular complexity index is 1470. The molecule has 4 aromatic rings. The highest BCUT2D eigenvalue weighted by atomic mass is 16.5. The summed E-state index contributed by atoms with van der Waals surface area (Å²) in [5.74, 6) is 3.92. The van der Waals surface area contributed by atoms with Gasteiger partial charge in [-0.25, -0.2) is 9.97 Å². The lowest BCUT2D eigenvalue weighted by atomic mass is 9.96. The topological polar surface area (TPSA) is 94.4 Å². The van der Waals surface area contributed by atoms with Crippen LogP contribution < -0.4 is 19.7 Å². The Hall–Kier alpha value is -4.14. The first-order valence-electron chi connectivity index (χ1n) is 13.7. The van der Waals surface area contributed by atoms with Gasteiger partial charge < -0.3 is 19.7 Å². The Labute approximate surface area is 228 Å². The lowest BCUT2D eigenvalue weighted by Crippen LogP contribution is -2.39. The number of amides is 1. The number of hydrogen-bond acceptors (Lipinski definition) is 7. The van der Waals surface area contributed by atoms with E-state index in [1.165, 1.54) is 12.8 Å². The minimum atomic E-state index is -0.0987. The summed E-state index contributed by atoms with van der Waals surface area (Å²) >= 11 is 0. The van der Waals surface area contributed by atoms with Gasteiger partial charge in [-0.2, -0.15) is 5.10 Å². The van der Waals surface area contributed by atoms with Gasteiger partial charge in [-0.1, -0.05) is 12.1 Å². The molecule has 1 aliphatic carbocycles. The fourth-order valence-electron chi connectivity index (χ4n) is 5.06. The molecule has 2 aromatic carbocycles. The number of fused-ring (bicyclic) bond motifs is 1. The monoisotopic (exact) mass is 526 g/mol. The van der Waals surface area contributed by atoms with Crippen LogP contribution >= 0.6 is 0 Å². The number of nitrogens with one attached hydrogen (secondary N) is 1. The van der Waals surface area contributed by atoms with E-state index in [2.05, 4.69) is 32.4 Å². The molecule has 2 aliphatic rings. The molecule has 1 N–H and O–H groups in total. The molecule has 1 aliphatic heterocycles. The maximum absolute atomic E-state index is 12.9. The van der Waals surface area contributed by atoms with E-state index in [4.69, 9.17) is 14.5 Å². The van der Waals surface area contributed by atoms with Gasteiger partial charge in [0.15, 0.2) is 5.82 Å². The van der Waals surface area contributed by atoms with Crippen molar-refractivity contribution in [2.75, 3.05) is 38.3 Å². The molecule has 1 saturated heterocycles. The van der Waals surface area contributed by atoms with Gasteiger partial charge in [-0.15, -0.1) is 0 Å². The van der Waals surface area contributed by atoms with Gasteiger partial charge in [0.1, 0.15) is 17.3 Å². The van der Waals surface area contributed by atoms with Crippen LogP contribution in [0.4, 0.5) is 5.82 Å². The Kier molecular flexibility index (Phi) is 7.04. The Morgan fingerprint density at radius 1 is 1.03 bits per heavy atom. The maximum Gasteiger partial charge on any atom is 0.251 e. The van der Waals surface area contributed by atoms with Crippen LogP contribution in [0.3, 0.4) is 0 Å². The standard InChI is InChI=1S/C30H34N6O3/c1-35-27-15-22(5-6-23(27)18-33-35)29-31-10-7-28(34-29)36-11-8-20(9-12-36)17-32-30(37)24-13-25(38-2)16-26(14-24)39-19-21-3-4-21/h5-7,10,13-16,18,20-21H,3-4,8-9,11-12,17,19H2,1-2H3,(H,32,37). The number of aryl methyl sites for hydroxylation is 1. The quantitative estimate of drug-likeness (QED) is 0.344. The van der Waals surface area contributed by atoms with E-state index in [1.807, 2.05) is 48.4 Å². The normalized spacial score (nSPS) is 15.9. The highest BCUT2D eigenvalue weighted by molar-refractivity contribution is 5.95. The molecule has 1 amide bonds. The highest BCUT2D eigenvalue weighted by Crippen LogP contribution is 2.31. The predicted octanol–water partition coefficient (Wildman–Crippen LogP) is 4.47. The molecule has 0 atom stereocenters. The van der Waals surface area contributed by atoms with E-state index in [9.17, 15) is 4.79 Å². The van der Waals surface area contributed by atoms with Crippen molar-refractivity contribution in [3.63, 3.8) is 0 Å². The number of nitrogens with zero attached hydrogens (tertiary/aromatic N) is 5. The van der Waals surface area contributed by atoms with Crippen LogP contribution in [0.15, 0.2) is 54.9 Å². The first kappa shape index (κ1) is 25.2. The maximum atomic E-state index is 12.9. The third-order valence-corrected chi connectivity index (χ3v) is 7.70. The van der Waals surface area contributed by atoms with E-state index in [-0.39, 0.29) is 5.91 Å². The molecular weight excluding hydrogens is 492 g/mol. The summed E-state index contributed by atoms with van der Waals surface area (Å²) in [5, 5.41) is 8.55. The van der Waals surface area contributed by atoms with Gasteiger partial charge in [-0.05, 0) is 61.8 Å². The Morgan fingerprint density at radius 3 is 2.64 bits per heavy atom. The average Bonchev–Trinajstić information content (AvgIpc) is 3.75. The summed E-state index contributed by atoms with van der Waals surface area (Å²) in [5.41, 5.74) is 2.60. The van der Waals surface area contributed by atoms with E-state index in [0.717, 1.165) is 48.2 Å². The first-order chi connectivity index (χ1) is 19.1. The number of benzene rings is 2. The van der Waals surface area contributed by atoms with Crippen molar-refractivity contribution in [1.82, 2.24) is 25.1 Å². The lowest BCUT2D eigenvalue weighted by Gasteiger charge is -2.33. The summed E-state index contributed by atoms with van der Waals surface area (Å²) in [6, 6.07) is 13.6. The molecule has 2 aromatic heterocycles. The van der Waals surface area contributed by atoms with Crippen LogP contribution in [0.2, 0.25) is 0 Å². The fourth-order valence-corrected chi connectivity index (χ4v) is 5.06. The number of anilines is 1. The lowest BCUT2D eigenvalue weighted by molar-refractivity contribution is 0.0944. The SMILES string of the molecule is COc1cc(OCC2CC2)cc(C(=O)NCC2CCN(c3ccnc(-c4ccc5cnn(C)c5c4)n3)CC2)c1. The summed E-state index contributed by atoms with van der Waals surface area (Å²) in [6.07, 6.45) is 8.09. The molecule has 9 nitrogen and oxygen atoms in total. The number of methoxy groups -OCH3 is 1. The molecular formula is C30H34N6O3. The van der Waals surface area contributed by atoms with Crippen molar-refractivity contribution in [3.8, 4) is 22.9 Å². The number of rotatable bonds is 9. The largest absolute Gasteiger partial charge is 0.497 e. The van der Waals surface area contributed by atoms with Crippen LogP contribution in [-0.4, -0.2) is 59.0 Å². The second-order valence-electron chi connectivity index (χ2n) is 10.6. The molecule has 39 heavy (non-hydrogen) atoms. The van der Waals surface area contributed by atoms with Gasteiger partial charge in [0.25, 0.3) is 5.91 Å². The number of aromatic nitrogens is 4. The number of hydrogen-bond donors (Lipinski definition) is 1. The van der Waals surface area contributed by atoms with Crippen molar-refractivity contribution in [3.05, 3.63) is 60.4 Å². The summed E-state index contributed by atoms with van der Waals surface area (Å²) in [4.78, 5) is 24.6. The molecule has 0 unspecified atom stereocenters. The molecule has 1 saturated carbocycles. The third kappa shape index (κ3) is 5.82. The highest BCUT2D eigenvalue weighted by Gasteiger charge is 2.23. The second kappa shape index (κ2) is 10.9. The molecule has 202 valence electrons. The van der Waals surface area contributed by atoms with Crippen LogP contribution in [0.25, 0.3) is 22.3 Å². The van der Waals surface area contributed by atoms with Crippen molar-refractivity contribution in [2.45, 2.75) is 25.7 Å². The zero-order valence-electron chi connectivity index (χ0n) is 22.5. The molecule has 6 rings (SSSR count). The fraction of sp³-hybridized carbons (Fsp3) is 0.400. The van der Waals surface area contributed by atoms with Gasteiger partial charge in [0.2, 0.25) is 0 Å². The van der Waals surface area contributed by atoms with Crippen molar-refractivity contribution >= 4 is 22.6 Å². The molecule has 0 radical (unpaired) electrons. The van der Waals surface area contributed by atoms with E-state index < -0.39 is 0 Å². The summed E-state index contributed by atoms with van der Waals surface area (Å²) in [6.45, 7) is 3.11. The average molecular weight is 527 g/mol. The van der Waals surface area contributed by atoms with Gasteiger partial charge in [0.05, 0.1) is 25.4 Å². The van der Waals surface area contributed by atoms with Crippen LogP contribution in [0, 0.1) is 11.8 Å². The first-order valence-corrected chi connectivity index (χ1v) is 13.7. The van der Waals surface area contributed by atoms with E-state index >= 15 is 0 Å². The molecule has 9 heteroatoms.